The Morgan fingerprint density at radius 1 is 1.11 bits per heavy atom. The van der Waals surface area contributed by atoms with Crippen LogP contribution < -0.4 is 15.3 Å². The number of hydrogen-bond acceptors (Lipinski definition) is 7. The van der Waals surface area contributed by atoms with Crippen LogP contribution >= 0.6 is 11.3 Å². The highest BCUT2D eigenvalue weighted by molar-refractivity contribution is 7.14. The molecular formula is C24H20F4N4O5S. The molecule has 0 atom stereocenters. The number of halogens is 4. The van der Waals surface area contributed by atoms with Gasteiger partial charge in [-0.1, -0.05) is 6.07 Å². The van der Waals surface area contributed by atoms with Gasteiger partial charge < -0.3 is 14.6 Å². The van der Waals surface area contributed by atoms with Crippen molar-refractivity contribution in [2.45, 2.75) is 26.4 Å². The molecule has 1 aliphatic rings. The lowest BCUT2D eigenvalue weighted by atomic mass is 10.0. The van der Waals surface area contributed by atoms with Crippen LogP contribution in [0.2, 0.25) is 0 Å². The number of anilines is 1. The molecular weight excluding hydrogens is 532 g/mol. The molecule has 0 saturated carbocycles. The number of alkyl halides is 3. The van der Waals surface area contributed by atoms with E-state index in [2.05, 4.69) is 9.94 Å². The van der Waals surface area contributed by atoms with Gasteiger partial charge in [-0.05, 0) is 59.5 Å². The highest BCUT2D eigenvalue weighted by Crippen LogP contribution is 2.24. The van der Waals surface area contributed by atoms with Crippen LogP contribution in [-0.4, -0.2) is 58.4 Å². The van der Waals surface area contributed by atoms with Crippen LogP contribution in [0, 0.1) is 19.7 Å². The fraction of sp³-hybridized carbons (Fsp3) is 0.292. The van der Waals surface area contributed by atoms with Crippen molar-refractivity contribution in [3.63, 3.8) is 0 Å². The summed E-state index contributed by atoms with van der Waals surface area (Å²) in [5.41, 5.74) is -0.619. The maximum Gasteiger partial charge on any atom is 0.493 e. The number of carbonyl (C=O) groups is 3. The number of amides is 2. The van der Waals surface area contributed by atoms with Crippen molar-refractivity contribution in [1.29, 1.82) is 0 Å². The molecule has 0 N–H and O–H groups in total. The summed E-state index contributed by atoms with van der Waals surface area (Å²) in [6, 6.07) is 7.24. The first-order valence-corrected chi connectivity index (χ1v) is 12.0. The Morgan fingerprint density at radius 3 is 2.47 bits per heavy atom. The molecule has 3 aromatic rings. The summed E-state index contributed by atoms with van der Waals surface area (Å²) >= 11 is 1.38. The van der Waals surface area contributed by atoms with Crippen molar-refractivity contribution in [3.05, 3.63) is 79.8 Å². The number of hydrogen-bond donors (Lipinski definition) is 0. The van der Waals surface area contributed by atoms with E-state index < -0.39 is 29.4 Å². The third-order valence-corrected chi connectivity index (χ3v) is 6.91. The van der Waals surface area contributed by atoms with E-state index in [1.54, 1.807) is 17.0 Å². The minimum atomic E-state index is -5.34. The summed E-state index contributed by atoms with van der Waals surface area (Å²) < 4.78 is 52.5. The van der Waals surface area contributed by atoms with E-state index >= 15 is 0 Å². The molecule has 4 rings (SSSR count). The van der Waals surface area contributed by atoms with Crippen molar-refractivity contribution < 1.29 is 36.8 Å². The fourth-order valence-electron chi connectivity index (χ4n) is 3.82. The van der Waals surface area contributed by atoms with Gasteiger partial charge in [0.05, 0.1) is 16.3 Å². The Bertz CT molecular complexity index is 1470. The first-order chi connectivity index (χ1) is 17.9. The standard InChI is InChI=1S/C24H20F4N4O5S/c1-13-14(2)21(34)32(37-23(36)24(26,27)28)29-18(13)11-15-5-6-17(25)16(10-15)22(35)30-7-8-31(19(33)12-30)20-4-3-9-38-20/h3-6,9-10H,7-8,11-12H2,1-2H3. The summed E-state index contributed by atoms with van der Waals surface area (Å²) in [6.07, 6.45) is -5.47. The topological polar surface area (TPSA) is 102 Å². The van der Waals surface area contributed by atoms with Gasteiger partial charge in [-0.15, -0.1) is 16.4 Å². The van der Waals surface area contributed by atoms with Gasteiger partial charge in [0.2, 0.25) is 5.91 Å². The highest BCUT2D eigenvalue weighted by atomic mass is 32.1. The van der Waals surface area contributed by atoms with Crippen molar-refractivity contribution in [2.24, 2.45) is 0 Å². The molecule has 0 spiro atoms. The van der Waals surface area contributed by atoms with Crippen molar-refractivity contribution in [2.75, 3.05) is 24.5 Å². The average Bonchev–Trinajstić information content (AvgIpc) is 3.40. The Hall–Kier alpha value is -4.07. The van der Waals surface area contributed by atoms with E-state index in [4.69, 9.17) is 0 Å². The quantitative estimate of drug-likeness (QED) is 0.451. The van der Waals surface area contributed by atoms with Crippen LogP contribution in [0.4, 0.5) is 22.6 Å². The predicted molar refractivity (Wildman–Crippen MR) is 127 cm³/mol. The molecule has 14 heteroatoms. The summed E-state index contributed by atoms with van der Waals surface area (Å²) in [6.45, 7) is 3.01. The molecule has 2 aromatic heterocycles. The van der Waals surface area contributed by atoms with Gasteiger partial charge >= 0.3 is 17.7 Å². The van der Waals surface area contributed by atoms with Crippen molar-refractivity contribution >= 4 is 34.1 Å². The molecule has 0 bridgehead atoms. The van der Waals surface area contributed by atoms with Gasteiger partial charge in [-0.25, -0.2) is 9.18 Å². The number of nitrogens with zero attached hydrogens (tertiary/aromatic N) is 4. The Morgan fingerprint density at radius 2 is 1.84 bits per heavy atom. The number of benzene rings is 1. The Balaban J connectivity index is 1.56. The smallest absolute Gasteiger partial charge is 0.327 e. The second kappa shape index (κ2) is 10.4. The molecule has 1 fully saturated rings. The zero-order chi connectivity index (χ0) is 27.8. The largest absolute Gasteiger partial charge is 0.493 e. The first kappa shape index (κ1) is 27.0. The second-order valence-electron chi connectivity index (χ2n) is 8.47. The van der Waals surface area contributed by atoms with Gasteiger partial charge in [0.1, 0.15) is 12.4 Å². The lowest BCUT2D eigenvalue weighted by Crippen LogP contribution is -2.52. The molecule has 1 aliphatic heterocycles. The van der Waals surface area contributed by atoms with Gasteiger partial charge in [-0.3, -0.25) is 14.4 Å². The molecule has 2 amide bonds. The highest BCUT2D eigenvalue weighted by Gasteiger charge is 2.42. The number of piperazine rings is 1. The van der Waals surface area contributed by atoms with E-state index in [0.29, 0.717) is 11.1 Å². The predicted octanol–water partition coefficient (Wildman–Crippen LogP) is 2.66. The fourth-order valence-corrected chi connectivity index (χ4v) is 4.60. The summed E-state index contributed by atoms with van der Waals surface area (Å²) in [4.78, 5) is 56.0. The minimum Gasteiger partial charge on any atom is -0.327 e. The Labute approximate surface area is 216 Å². The van der Waals surface area contributed by atoms with E-state index in [0.717, 1.165) is 11.1 Å². The third-order valence-electron chi connectivity index (χ3n) is 6.02. The van der Waals surface area contributed by atoms with Crippen LogP contribution in [0.1, 0.15) is 32.7 Å². The van der Waals surface area contributed by atoms with Crippen LogP contribution in [0.3, 0.4) is 0 Å². The van der Waals surface area contributed by atoms with E-state index in [9.17, 15) is 36.7 Å². The van der Waals surface area contributed by atoms with E-state index in [1.165, 1.54) is 42.2 Å². The second-order valence-corrected chi connectivity index (χ2v) is 9.39. The van der Waals surface area contributed by atoms with Gasteiger partial charge in [0.25, 0.3) is 5.91 Å². The van der Waals surface area contributed by atoms with Crippen LogP contribution in [0.25, 0.3) is 0 Å². The molecule has 9 nitrogen and oxygen atoms in total. The maximum atomic E-state index is 14.7. The van der Waals surface area contributed by atoms with Gasteiger partial charge in [-0.2, -0.15) is 13.2 Å². The van der Waals surface area contributed by atoms with E-state index in [-0.39, 0.29) is 53.6 Å². The minimum absolute atomic E-state index is 0.00879. The molecule has 0 radical (unpaired) electrons. The molecule has 38 heavy (non-hydrogen) atoms. The van der Waals surface area contributed by atoms with Crippen LogP contribution in [0.15, 0.2) is 40.5 Å². The van der Waals surface area contributed by atoms with Crippen LogP contribution in [-0.2, 0) is 16.0 Å². The van der Waals surface area contributed by atoms with Gasteiger partial charge in [0.15, 0.2) is 0 Å². The van der Waals surface area contributed by atoms with Crippen LogP contribution in [0.5, 0.6) is 0 Å². The molecule has 1 saturated heterocycles. The lowest BCUT2D eigenvalue weighted by molar-refractivity contribution is -0.202. The SMILES string of the molecule is Cc1c(Cc2ccc(F)c(C(=O)N3CCN(c4cccs4)C(=O)C3)c2)nn(OC(=O)C(F)(F)F)c(=O)c1C. The van der Waals surface area contributed by atoms with Gasteiger partial charge in [0, 0.05) is 25.1 Å². The number of carbonyl (C=O) groups excluding carboxylic acids is 3. The average molecular weight is 553 g/mol. The third kappa shape index (κ3) is 5.44. The maximum absolute atomic E-state index is 14.7. The number of aromatic nitrogens is 2. The zero-order valence-electron chi connectivity index (χ0n) is 20.0. The molecule has 1 aromatic carbocycles. The normalized spacial score (nSPS) is 14.1. The summed E-state index contributed by atoms with van der Waals surface area (Å²) in [7, 11) is 0. The van der Waals surface area contributed by atoms with Crippen molar-refractivity contribution in [1.82, 2.24) is 14.8 Å². The molecule has 0 unspecified atom stereocenters. The zero-order valence-corrected chi connectivity index (χ0v) is 20.9. The summed E-state index contributed by atoms with van der Waals surface area (Å²) in [5, 5.41) is 6.30. The Kier molecular flexibility index (Phi) is 7.35. The monoisotopic (exact) mass is 552 g/mol. The lowest BCUT2D eigenvalue weighted by Gasteiger charge is -2.33. The molecule has 200 valence electrons. The first-order valence-electron chi connectivity index (χ1n) is 11.2. The molecule has 3 heterocycles. The van der Waals surface area contributed by atoms with E-state index in [1.807, 2.05) is 5.38 Å². The molecule has 0 aliphatic carbocycles. The summed E-state index contributed by atoms with van der Waals surface area (Å²) in [5.74, 6) is -4.45. The number of rotatable bonds is 5. The van der Waals surface area contributed by atoms with Crippen molar-refractivity contribution in [3.8, 4) is 0 Å². The number of thiophene rings is 1.